The molecule has 3 heterocycles. The summed E-state index contributed by atoms with van der Waals surface area (Å²) in [6.07, 6.45) is 4.60. The van der Waals surface area contributed by atoms with E-state index in [2.05, 4.69) is 44.6 Å². The van der Waals surface area contributed by atoms with Gasteiger partial charge in [0.05, 0.1) is 32.9 Å². The number of H-pyrrole nitrogens is 1. The van der Waals surface area contributed by atoms with Crippen LogP contribution in [-0.2, 0) is 17.9 Å². The molecule has 0 spiro atoms. The summed E-state index contributed by atoms with van der Waals surface area (Å²) in [5.41, 5.74) is 4.27. The minimum atomic E-state index is -0.145. The van der Waals surface area contributed by atoms with Gasteiger partial charge >= 0.3 is 0 Å². The molecule has 1 amide bonds. The summed E-state index contributed by atoms with van der Waals surface area (Å²) in [5.74, 6) is 2.18. The second-order valence-corrected chi connectivity index (χ2v) is 10.2. The fraction of sp³-hybridized carbons (Fsp3) is 0.355. The van der Waals surface area contributed by atoms with Crippen molar-refractivity contribution < 1.29 is 19.0 Å². The molecule has 1 aliphatic rings. The predicted molar refractivity (Wildman–Crippen MR) is 151 cm³/mol. The molecule has 2 aromatic heterocycles. The van der Waals surface area contributed by atoms with Gasteiger partial charge in [0, 0.05) is 54.9 Å². The van der Waals surface area contributed by atoms with Crippen molar-refractivity contribution >= 4 is 16.8 Å². The van der Waals surface area contributed by atoms with Gasteiger partial charge in [-0.15, -0.1) is 0 Å². The molecule has 1 saturated heterocycles. The lowest BCUT2D eigenvalue weighted by molar-refractivity contribution is -0.128. The van der Waals surface area contributed by atoms with Crippen molar-refractivity contribution in [2.45, 2.75) is 26.4 Å². The average Bonchev–Trinajstić information content (AvgIpc) is 3.37. The fourth-order valence-corrected chi connectivity index (χ4v) is 5.32. The number of carbonyl (C=O) groups is 1. The van der Waals surface area contributed by atoms with Gasteiger partial charge < -0.3 is 24.5 Å². The van der Waals surface area contributed by atoms with E-state index in [-0.39, 0.29) is 17.7 Å². The van der Waals surface area contributed by atoms with E-state index in [4.69, 9.17) is 14.2 Å². The Balaban J connectivity index is 1.27. The van der Waals surface area contributed by atoms with Gasteiger partial charge in [-0.1, -0.05) is 24.3 Å². The predicted octanol–water partition coefficient (Wildman–Crippen LogP) is 4.72. The Kier molecular flexibility index (Phi) is 8.32. The van der Waals surface area contributed by atoms with E-state index < -0.39 is 0 Å². The molecular formula is C31H36N4O4. The minimum Gasteiger partial charge on any atom is -0.493 e. The van der Waals surface area contributed by atoms with Crippen LogP contribution >= 0.6 is 0 Å². The van der Waals surface area contributed by atoms with Crippen LogP contribution in [0.3, 0.4) is 0 Å². The Morgan fingerprint density at radius 1 is 1.08 bits per heavy atom. The van der Waals surface area contributed by atoms with E-state index in [1.54, 1.807) is 20.4 Å². The molecule has 4 aromatic rings. The minimum absolute atomic E-state index is 0.0513. The number of likely N-dealkylation sites (tertiary alicyclic amines) is 1. The molecule has 5 rings (SSSR count). The number of nitrogens with one attached hydrogen (secondary N) is 2. The number of nitrogens with zero attached hydrogens (tertiary/aromatic N) is 2. The maximum Gasteiger partial charge on any atom is 0.224 e. The van der Waals surface area contributed by atoms with Gasteiger partial charge in [-0.25, -0.2) is 0 Å². The van der Waals surface area contributed by atoms with Gasteiger partial charge in [-0.05, 0) is 54.8 Å². The Bertz CT molecular complexity index is 1400. The third-order valence-electron chi connectivity index (χ3n) is 7.34. The van der Waals surface area contributed by atoms with Crippen LogP contribution in [0.15, 0.2) is 67.0 Å². The Labute approximate surface area is 229 Å². The standard InChI is InChI=1S/C31H36N4O4/c1-21-8-10-26(16-32-21)39-20-23-12-24(31(36)34-14-22-9-11-29(37-2)30(13-22)38-3)18-35(17-23)19-25-15-33-28-7-5-4-6-27(25)28/h4-11,13,15-16,23-24,33H,12,14,17-20H2,1-3H3,(H,34,36)/t23-,24+/m0/s1. The number of carbonyl (C=O) groups excluding carboxylic acids is 1. The number of ether oxygens (including phenoxy) is 3. The summed E-state index contributed by atoms with van der Waals surface area (Å²) in [7, 11) is 3.22. The van der Waals surface area contributed by atoms with Crippen LogP contribution < -0.4 is 19.5 Å². The summed E-state index contributed by atoms with van der Waals surface area (Å²) in [6.45, 7) is 5.24. The summed E-state index contributed by atoms with van der Waals surface area (Å²) >= 11 is 0. The first-order chi connectivity index (χ1) is 19.0. The van der Waals surface area contributed by atoms with E-state index >= 15 is 0 Å². The maximum atomic E-state index is 13.4. The third kappa shape index (κ3) is 6.52. The van der Waals surface area contributed by atoms with Crippen molar-refractivity contribution in [3.8, 4) is 17.2 Å². The number of benzene rings is 2. The Morgan fingerprint density at radius 3 is 2.72 bits per heavy atom. The number of rotatable bonds is 10. The number of fused-ring (bicyclic) bond motifs is 1. The molecule has 2 N–H and O–H groups in total. The second kappa shape index (κ2) is 12.2. The molecule has 1 aliphatic heterocycles. The molecule has 2 aromatic carbocycles. The average molecular weight is 529 g/mol. The Hall–Kier alpha value is -4.04. The van der Waals surface area contributed by atoms with Crippen molar-refractivity contribution in [1.82, 2.24) is 20.2 Å². The zero-order valence-electron chi connectivity index (χ0n) is 22.8. The molecule has 0 radical (unpaired) electrons. The second-order valence-electron chi connectivity index (χ2n) is 10.2. The van der Waals surface area contributed by atoms with Crippen molar-refractivity contribution in [2.24, 2.45) is 11.8 Å². The van der Waals surface area contributed by atoms with E-state index in [1.165, 1.54) is 10.9 Å². The number of aryl methyl sites for hydroxylation is 1. The fourth-order valence-electron chi connectivity index (χ4n) is 5.32. The van der Waals surface area contributed by atoms with E-state index in [0.717, 1.165) is 42.0 Å². The lowest BCUT2D eigenvalue weighted by atomic mass is 9.88. The quantitative estimate of drug-likeness (QED) is 0.310. The van der Waals surface area contributed by atoms with Gasteiger partial charge in [0.15, 0.2) is 11.5 Å². The number of hydrogen-bond acceptors (Lipinski definition) is 6. The topological polar surface area (TPSA) is 88.7 Å². The van der Waals surface area contributed by atoms with Crippen molar-refractivity contribution in [2.75, 3.05) is 33.9 Å². The van der Waals surface area contributed by atoms with Gasteiger partial charge in [0.25, 0.3) is 0 Å². The largest absolute Gasteiger partial charge is 0.493 e. The lowest BCUT2D eigenvalue weighted by Gasteiger charge is -2.37. The van der Waals surface area contributed by atoms with Gasteiger partial charge in [-0.3, -0.25) is 14.7 Å². The molecule has 8 heteroatoms. The number of aromatic nitrogens is 2. The highest BCUT2D eigenvalue weighted by Gasteiger charge is 2.32. The number of pyridine rings is 1. The monoisotopic (exact) mass is 528 g/mol. The van der Waals surface area contributed by atoms with Crippen LogP contribution in [0.2, 0.25) is 0 Å². The summed E-state index contributed by atoms with van der Waals surface area (Å²) in [4.78, 5) is 23.5. The van der Waals surface area contributed by atoms with Crippen LogP contribution in [0.1, 0.15) is 23.2 Å². The Morgan fingerprint density at radius 2 is 1.92 bits per heavy atom. The van der Waals surface area contributed by atoms with Gasteiger partial charge in [-0.2, -0.15) is 0 Å². The molecule has 0 unspecified atom stereocenters. The molecule has 2 atom stereocenters. The molecule has 0 bridgehead atoms. The van der Waals surface area contributed by atoms with E-state index in [1.807, 2.05) is 43.3 Å². The number of hydrogen-bond donors (Lipinski definition) is 2. The molecule has 204 valence electrons. The first kappa shape index (κ1) is 26.6. The SMILES string of the molecule is COc1ccc(CNC(=O)[C@@H]2C[C@H](COc3ccc(C)nc3)CN(Cc3c[nH]c4ccccc34)C2)cc1OC. The lowest BCUT2D eigenvalue weighted by Crippen LogP contribution is -2.47. The van der Waals surface area contributed by atoms with Crippen molar-refractivity contribution in [3.05, 3.63) is 83.8 Å². The first-order valence-electron chi connectivity index (χ1n) is 13.3. The van der Waals surface area contributed by atoms with Crippen molar-refractivity contribution in [3.63, 3.8) is 0 Å². The van der Waals surface area contributed by atoms with Crippen LogP contribution in [0.25, 0.3) is 10.9 Å². The zero-order chi connectivity index (χ0) is 27.2. The highest BCUT2D eigenvalue weighted by atomic mass is 16.5. The van der Waals surface area contributed by atoms with Crippen molar-refractivity contribution in [1.29, 1.82) is 0 Å². The maximum absolute atomic E-state index is 13.4. The number of aromatic amines is 1. The van der Waals surface area contributed by atoms with E-state index in [9.17, 15) is 4.79 Å². The molecule has 39 heavy (non-hydrogen) atoms. The van der Waals surface area contributed by atoms with Crippen LogP contribution in [0.4, 0.5) is 0 Å². The number of amides is 1. The first-order valence-corrected chi connectivity index (χ1v) is 13.3. The number of methoxy groups -OCH3 is 2. The molecule has 8 nitrogen and oxygen atoms in total. The summed E-state index contributed by atoms with van der Waals surface area (Å²) < 4.78 is 16.8. The smallest absolute Gasteiger partial charge is 0.224 e. The van der Waals surface area contributed by atoms with Crippen LogP contribution in [0.5, 0.6) is 17.2 Å². The van der Waals surface area contributed by atoms with Gasteiger partial charge in [0.1, 0.15) is 5.75 Å². The molecule has 1 fully saturated rings. The molecular weight excluding hydrogens is 492 g/mol. The van der Waals surface area contributed by atoms with Gasteiger partial charge in [0.2, 0.25) is 5.91 Å². The third-order valence-corrected chi connectivity index (χ3v) is 7.34. The van der Waals surface area contributed by atoms with Crippen LogP contribution in [0, 0.1) is 18.8 Å². The highest BCUT2D eigenvalue weighted by molar-refractivity contribution is 5.83. The highest BCUT2D eigenvalue weighted by Crippen LogP contribution is 2.29. The number of para-hydroxylation sites is 1. The molecule has 0 saturated carbocycles. The van der Waals surface area contributed by atoms with E-state index in [0.29, 0.717) is 31.2 Å². The normalized spacial score (nSPS) is 17.6. The summed E-state index contributed by atoms with van der Waals surface area (Å²) in [5, 5.41) is 4.37. The zero-order valence-corrected chi connectivity index (χ0v) is 22.8. The number of piperidine rings is 1. The summed E-state index contributed by atoms with van der Waals surface area (Å²) in [6, 6.07) is 17.9. The molecule has 0 aliphatic carbocycles. The van der Waals surface area contributed by atoms with Crippen LogP contribution in [-0.4, -0.2) is 54.7 Å².